The second kappa shape index (κ2) is 29.8. The molecule has 0 saturated carbocycles. The molecule has 2 rings (SSSR count). The molecule has 2 aromatic rings. The highest BCUT2D eigenvalue weighted by Crippen LogP contribution is 2.16. The number of aryl methyl sites for hydroxylation is 2. The van der Waals surface area contributed by atoms with Crippen LogP contribution < -0.4 is 4.57 Å². The van der Waals surface area contributed by atoms with Crippen LogP contribution >= 0.6 is 0 Å². The van der Waals surface area contributed by atoms with E-state index in [1.54, 1.807) is 0 Å². The summed E-state index contributed by atoms with van der Waals surface area (Å²) in [5.41, 5.74) is 1.43. The Hall–Kier alpha value is -1.57. The van der Waals surface area contributed by atoms with Gasteiger partial charge in [0.25, 0.3) is 5.82 Å². The molecule has 258 valence electrons. The summed E-state index contributed by atoms with van der Waals surface area (Å²) in [5.74, 6) is 1.50. The average molecular weight is 622 g/mol. The van der Waals surface area contributed by atoms with Crippen LogP contribution in [0.2, 0.25) is 0 Å². The summed E-state index contributed by atoms with van der Waals surface area (Å²) >= 11 is 0. The van der Waals surface area contributed by atoms with E-state index in [1.807, 2.05) is 0 Å². The van der Waals surface area contributed by atoms with Gasteiger partial charge in [-0.05, 0) is 31.2 Å². The highest BCUT2D eigenvalue weighted by molar-refractivity contribution is 5.18. The Labute approximate surface area is 282 Å². The maximum atomic E-state index is 2.57. The Morgan fingerprint density at radius 3 is 1.24 bits per heavy atom. The lowest BCUT2D eigenvalue weighted by Crippen LogP contribution is -2.37. The second-order valence-corrected chi connectivity index (χ2v) is 14.3. The van der Waals surface area contributed by atoms with Gasteiger partial charge in [0.15, 0.2) is 0 Å². The van der Waals surface area contributed by atoms with E-state index in [0.717, 1.165) is 6.42 Å². The molecule has 2 nitrogen and oxygen atoms in total. The van der Waals surface area contributed by atoms with E-state index in [-0.39, 0.29) is 0 Å². The van der Waals surface area contributed by atoms with E-state index in [1.165, 1.54) is 211 Å². The second-order valence-electron chi connectivity index (χ2n) is 14.3. The number of nitrogens with zero attached hydrogens (tertiary/aromatic N) is 2. The van der Waals surface area contributed by atoms with Crippen molar-refractivity contribution in [2.45, 2.75) is 220 Å². The Morgan fingerprint density at radius 2 is 0.822 bits per heavy atom. The van der Waals surface area contributed by atoms with Crippen molar-refractivity contribution in [1.82, 2.24) is 4.57 Å². The van der Waals surface area contributed by atoms with Gasteiger partial charge in [0.05, 0.1) is 19.5 Å². The molecule has 0 atom stereocenters. The molecule has 0 N–H and O–H groups in total. The van der Waals surface area contributed by atoms with Gasteiger partial charge in [0.2, 0.25) is 0 Å². The molecule has 0 amide bonds. The Morgan fingerprint density at radius 1 is 0.444 bits per heavy atom. The summed E-state index contributed by atoms with van der Waals surface area (Å²) in [6, 6.07) is 11.1. The number of aromatic nitrogens is 2. The molecule has 0 spiro atoms. The first-order chi connectivity index (χ1) is 22.3. The first-order valence-corrected chi connectivity index (χ1v) is 20.5. The van der Waals surface area contributed by atoms with Crippen LogP contribution in [-0.4, -0.2) is 4.57 Å². The van der Waals surface area contributed by atoms with Crippen LogP contribution in [0.4, 0.5) is 0 Å². The fourth-order valence-corrected chi connectivity index (χ4v) is 7.02. The highest BCUT2D eigenvalue weighted by atomic mass is 15.1. The smallest absolute Gasteiger partial charge is 0.234 e. The number of unbranched alkanes of at least 4 members (excludes halogenated alkanes) is 27. The first-order valence-electron chi connectivity index (χ1n) is 20.5. The lowest BCUT2D eigenvalue weighted by Gasteiger charge is -2.07. The fourth-order valence-electron chi connectivity index (χ4n) is 7.02. The van der Waals surface area contributed by atoms with Gasteiger partial charge in [-0.2, -0.15) is 0 Å². The highest BCUT2D eigenvalue weighted by Gasteiger charge is 2.17. The standard InChI is InChI=1S/C43H77N2/c1-3-5-7-9-11-13-15-17-19-21-23-25-27-29-34-38-45-40-39-44(43(45)41-42-35-31-30-32-36-42)37-33-28-26-24-22-20-18-16-14-12-10-8-6-4-2/h30-32,35-36,39-40H,3-29,33-34,37-38,41H2,1-2H3/q+1. The number of imidazole rings is 1. The first kappa shape index (κ1) is 39.6. The molecular weight excluding hydrogens is 544 g/mol. The maximum absolute atomic E-state index is 2.57. The molecular formula is C43H77N2+. The predicted octanol–water partition coefficient (Wildman–Crippen LogP) is 13.7. The van der Waals surface area contributed by atoms with Crippen molar-refractivity contribution in [3.05, 3.63) is 54.1 Å². The largest absolute Gasteiger partial charge is 0.260 e. The molecule has 0 fully saturated rings. The van der Waals surface area contributed by atoms with Crippen molar-refractivity contribution in [2.75, 3.05) is 0 Å². The van der Waals surface area contributed by atoms with E-state index < -0.39 is 0 Å². The molecule has 0 aliphatic rings. The van der Waals surface area contributed by atoms with Crippen LogP contribution in [0.3, 0.4) is 0 Å². The van der Waals surface area contributed by atoms with Crippen LogP contribution in [-0.2, 0) is 19.5 Å². The van der Waals surface area contributed by atoms with Gasteiger partial charge in [-0.1, -0.05) is 205 Å². The van der Waals surface area contributed by atoms with Gasteiger partial charge in [0.1, 0.15) is 12.4 Å². The quantitative estimate of drug-likeness (QED) is 0.0554. The third-order valence-electron chi connectivity index (χ3n) is 10.0. The number of hydrogen-bond acceptors (Lipinski definition) is 0. The summed E-state index contributed by atoms with van der Waals surface area (Å²) in [4.78, 5) is 0. The van der Waals surface area contributed by atoms with E-state index in [0.29, 0.717) is 0 Å². The topological polar surface area (TPSA) is 8.81 Å². The van der Waals surface area contributed by atoms with Gasteiger partial charge in [-0.15, -0.1) is 0 Å². The monoisotopic (exact) mass is 622 g/mol. The summed E-state index contributed by atoms with van der Waals surface area (Å²) in [6.45, 7) is 6.96. The Bertz CT molecular complexity index is 869. The molecule has 1 aromatic carbocycles. The molecule has 0 bridgehead atoms. The van der Waals surface area contributed by atoms with Crippen molar-refractivity contribution in [3.8, 4) is 0 Å². The minimum Gasteiger partial charge on any atom is -0.234 e. The van der Waals surface area contributed by atoms with Gasteiger partial charge in [-0.25, -0.2) is 9.13 Å². The van der Waals surface area contributed by atoms with Crippen LogP contribution in [0.25, 0.3) is 0 Å². The zero-order valence-corrected chi connectivity index (χ0v) is 30.6. The van der Waals surface area contributed by atoms with Crippen molar-refractivity contribution in [3.63, 3.8) is 0 Å². The molecule has 1 heterocycles. The van der Waals surface area contributed by atoms with Crippen molar-refractivity contribution in [1.29, 1.82) is 0 Å². The van der Waals surface area contributed by atoms with Gasteiger partial charge < -0.3 is 0 Å². The van der Waals surface area contributed by atoms with Crippen LogP contribution in [0.15, 0.2) is 42.7 Å². The number of rotatable bonds is 33. The van der Waals surface area contributed by atoms with Gasteiger partial charge in [-0.3, -0.25) is 0 Å². The van der Waals surface area contributed by atoms with Crippen molar-refractivity contribution < 1.29 is 4.57 Å². The average Bonchev–Trinajstić information content (AvgIpc) is 3.44. The zero-order chi connectivity index (χ0) is 31.9. The fraction of sp³-hybridized carbons (Fsp3) is 0.791. The van der Waals surface area contributed by atoms with E-state index in [4.69, 9.17) is 0 Å². The Kier molecular flexibility index (Phi) is 26.2. The van der Waals surface area contributed by atoms with Crippen molar-refractivity contribution >= 4 is 0 Å². The zero-order valence-electron chi connectivity index (χ0n) is 30.6. The minimum atomic E-state index is 1.05. The maximum Gasteiger partial charge on any atom is 0.260 e. The normalized spacial score (nSPS) is 11.5. The SMILES string of the molecule is CCCCCCCCCCCCCCCCC[n+]1ccn(CCCCCCCCCCCCCCCC)c1Cc1ccccc1. The third kappa shape index (κ3) is 21.8. The lowest BCUT2D eigenvalue weighted by atomic mass is 10.0. The van der Waals surface area contributed by atoms with Gasteiger partial charge in [0, 0.05) is 0 Å². The molecule has 2 heteroatoms. The summed E-state index contributed by atoms with van der Waals surface area (Å²) in [6.07, 6.45) is 47.2. The van der Waals surface area contributed by atoms with E-state index >= 15 is 0 Å². The molecule has 0 radical (unpaired) electrons. The molecule has 45 heavy (non-hydrogen) atoms. The van der Waals surface area contributed by atoms with Crippen LogP contribution in [0, 0.1) is 0 Å². The minimum absolute atomic E-state index is 1.05. The summed E-state index contributed by atoms with van der Waals surface area (Å²) < 4.78 is 5.14. The molecule has 0 saturated heterocycles. The molecule has 0 aliphatic carbocycles. The molecule has 1 aromatic heterocycles. The Balaban J connectivity index is 1.55. The third-order valence-corrected chi connectivity index (χ3v) is 10.0. The van der Waals surface area contributed by atoms with Crippen LogP contribution in [0.1, 0.15) is 211 Å². The van der Waals surface area contributed by atoms with Crippen molar-refractivity contribution in [2.24, 2.45) is 0 Å². The molecule has 0 aliphatic heterocycles. The summed E-state index contributed by atoms with van der Waals surface area (Å²) in [7, 11) is 0. The lowest BCUT2D eigenvalue weighted by molar-refractivity contribution is -0.703. The number of benzene rings is 1. The van der Waals surface area contributed by atoms with E-state index in [9.17, 15) is 0 Å². The molecule has 0 unspecified atom stereocenters. The predicted molar refractivity (Wildman–Crippen MR) is 199 cm³/mol. The van der Waals surface area contributed by atoms with E-state index in [2.05, 4.69) is 65.7 Å². The van der Waals surface area contributed by atoms with Gasteiger partial charge >= 0.3 is 0 Å². The number of hydrogen-bond donors (Lipinski definition) is 0. The summed E-state index contributed by atoms with van der Waals surface area (Å²) in [5, 5.41) is 0. The van der Waals surface area contributed by atoms with Crippen LogP contribution in [0.5, 0.6) is 0 Å².